The van der Waals surface area contributed by atoms with Gasteiger partial charge in [0.2, 0.25) is 0 Å². The second kappa shape index (κ2) is 7.79. The first-order chi connectivity index (χ1) is 9.08. The van der Waals surface area contributed by atoms with Gasteiger partial charge in [-0.3, -0.25) is 4.79 Å². The number of aliphatic hydroxyl groups is 1. The molecule has 0 saturated heterocycles. The molecule has 1 amide bonds. The summed E-state index contributed by atoms with van der Waals surface area (Å²) in [6, 6.07) is 6.86. The van der Waals surface area contributed by atoms with Gasteiger partial charge in [0.1, 0.15) is 5.75 Å². The number of hydrogen-bond donors (Lipinski definition) is 2. The summed E-state index contributed by atoms with van der Waals surface area (Å²) < 4.78 is 5.50. The first-order valence-electron chi connectivity index (χ1n) is 6.73. The summed E-state index contributed by atoms with van der Waals surface area (Å²) >= 11 is 0. The van der Waals surface area contributed by atoms with Gasteiger partial charge in [-0.05, 0) is 30.5 Å². The molecule has 106 valence electrons. The van der Waals surface area contributed by atoms with Crippen molar-refractivity contribution >= 4 is 5.91 Å². The molecule has 1 atom stereocenters. The summed E-state index contributed by atoms with van der Waals surface area (Å²) in [6.45, 7) is 6.53. The fraction of sp³-hybridized carbons (Fsp3) is 0.533. The first kappa shape index (κ1) is 15.5. The lowest BCUT2D eigenvalue weighted by molar-refractivity contribution is 0.0896. The van der Waals surface area contributed by atoms with E-state index in [1.807, 2.05) is 26.8 Å². The summed E-state index contributed by atoms with van der Waals surface area (Å²) in [4.78, 5) is 12.1. The normalized spacial score (nSPS) is 12.3. The lowest BCUT2D eigenvalue weighted by atomic mass is 10.0. The highest BCUT2D eigenvalue weighted by Crippen LogP contribution is 2.14. The van der Waals surface area contributed by atoms with E-state index < -0.39 is 0 Å². The zero-order valence-corrected chi connectivity index (χ0v) is 11.8. The van der Waals surface area contributed by atoms with Crippen LogP contribution in [0.3, 0.4) is 0 Å². The molecule has 0 radical (unpaired) electrons. The number of rotatable bonds is 7. The Kier molecular flexibility index (Phi) is 6.36. The third kappa shape index (κ3) is 4.91. The monoisotopic (exact) mass is 265 g/mol. The minimum Gasteiger partial charge on any atom is -0.494 e. The van der Waals surface area contributed by atoms with Crippen molar-refractivity contribution in [3.05, 3.63) is 29.8 Å². The van der Waals surface area contributed by atoms with Crippen LogP contribution in [-0.2, 0) is 0 Å². The van der Waals surface area contributed by atoms with Gasteiger partial charge in [0.05, 0.1) is 19.3 Å². The molecule has 0 spiro atoms. The highest BCUT2D eigenvalue weighted by atomic mass is 16.5. The molecule has 0 heterocycles. The van der Waals surface area contributed by atoms with Crippen LogP contribution in [0.1, 0.15) is 37.6 Å². The van der Waals surface area contributed by atoms with Gasteiger partial charge in [-0.15, -0.1) is 0 Å². The minimum absolute atomic E-state index is 0.0601. The average Bonchev–Trinajstić information content (AvgIpc) is 2.42. The summed E-state index contributed by atoms with van der Waals surface area (Å²) in [5.74, 6) is 0.697. The molecule has 0 bridgehead atoms. The van der Waals surface area contributed by atoms with Crippen molar-refractivity contribution in [1.82, 2.24) is 5.32 Å². The maximum absolute atomic E-state index is 12.1. The highest BCUT2D eigenvalue weighted by Gasteiger charge is 2.16. The van der Waals surface area contributed by atoms with Gasteiger partial charge in [-0.1, -0.05) is 26.8 Å². The van der Waals surface area contributed by atoms with Crippen molar-refractivity contribution in [2.75, 3.05) is 13.2 Å². The Labute approximate surface area is 114 Å². The van der Waals surface area contributed by atoms with Crippen molar-refractivity contribution in [1.29, 1.82) is 0 Å². The lowest BCUT2D eigenvalue weighted by Crippen LogP contribution is -2.41. The number of nitrogens with one attached hydrogen (secondary N) is 1. The number of hydrogen-bond acceptors (Lipinski definition) is 3. The topological polar surface area (TPSA) is 58.6 Å². The van der Waals surface area contributed by atoms with Crippen LogP contribution >= 0.6 is 0 Å². The third-order valence-electron chi connectivity index (χ3n) is 2.89. The first-order valence-corrected chi connectivity index (χ1v) is 6.73. The van der Waals surface area contributed by atoms with Gasteiger partial charge in [-0.25, -0.2) is 0 Å². The molecule has 1 rings (SSSR count). The van der Waals surface area contributed by atoms with E-state index in [4.69, 9.17) is 4.74 Å². The molecule has 2 N–H and O–H groups in total. The number of carbonyl (C=O) groups is 1. The Hall–Kier alpha value is -1.55. The zero-order valence-electron chi connectivity index (χ0n) is 11.8. The number of carbonyl (C=O) groups excluding carboxylic acids is 1. The SMILES string of the molecule is CCCOc1cccc(C(=O)NC(CO)C(C)C)c1. The van der Waals surface area contributed by atoms with Crippen LogP contribution in [0.4, 0.5) is 0 Å². The smallest absolute Gasteiger partial charge is 0.251 e. The van der Waals surface area contributed by atoms with Crippen LogP contribution < -0.4 is 10.1 Å². The predicted octanol–water partition coefficient (Wildman–Crippen LogP) is 2.22. The van der Waals surface area contributed by atoms with E-state index in [1.54, 1.807) is 18.2 Å². The van der Waals surface area contributed by atoms with Gasteiger partial charge < -0.3 is 15.2 Å². The van der Waals surface area contributed by atoms with E-state index in [2.05, 4.69) is 5.32 Å². The molecule has 0 fully saturated rings. The molecule has 0 aliphatic rings. The van der Waals surface area contributed by atoms with Gasteiger partial charge in [0.15, 0.2) is 0 Å². The maximum atomic E-state index is 12.1. The highest BCUT2D eigenvalue weighted by molar-refractivity contribution is 5.94. The fourth-order valence-electron chi connectivity index (χ4n) is 1.62. The van der Waals surface area contributed by atoms with Crippen molar-refractivity contribution < 1.29 is 14.6 Å². The third-order valence-corrected chi connectivity index (χ3v) is 2.89. The van der Waals surface area contributed by atoms with E-state index in [-0.39, 0.29) is 24.5 Å². The van der Waals surface area contributed by atoms with Gasteiger partial charge in [-0.2, -0.15) is 0 Å². The Morgan fingerprint density at radius 2 is 2.16 bits per heavy atom. The average molecular weight is 265 g/mol. The number of ether oxygens (including phenoxy) is 1. The van der Waals surface area contributed by atoms with Crippen LogP contribution in [0.5, 0.6) is 5.75 Å². The second-order valence-corrected chi connectivity index (χ2v) is 4.88. The molecule has 1 aromatic rings. The molecular weight excluding hydrogens is 242 g/mol. The molecule has 0 aromatic heterocycles. The van der Waals surface area contributed by atoms with Crippen molar-refractivity contribution in [2.45, 2.75) is 33.2 Å². The number of aliphatic hydroxyl groups excluding tert-OH is 1. The Morgan fingerprint density at radius 1 is 1.42 bits per heavy atom. The number of benzene rings is 1. The molecule has 19 heavy (non-hydrogen) atoms. The number of amides is 1. The van der Waals surface area contributed by atoms with Crippen LogP contribution in [0.25, 0.3) is 0 Å². The summed E-state index contributed by atoms with van der Waals surface area (Å²) in [7, 11) is 0. The molecule has 4 nitrogen and oxygen atoms in total. The summed E-state index contributed by atoms with van der Waals surface area (Å²) in [5.41, 5.74) is 0.549. The Morgan fingerprint density at radius 3 is 2.74 bits per heavy atom. The quantitative estimate of drug-likeness (QED) is 0.794. The molecule has 0 saturated carbocycles. The van der Waals surface area contributed by atoms with E-state index in [9.17, 15) is 9.90 Å². The zero-order chi connectivity index (χ0) is 14.3. The standard InChI is InChI=1S/C15H23NO3/c1-4-8-19-13-7-5-6-12(9-13)15(18)16-14(10-17)11(2)3/h5-7,9,11,14,17H,4,8,10H2,1-3H3,(H,16,18). The summed E-state index contributed by atoms with van der Waals surface area (Å²) in [6.07, 6.45) is 0.927. The lowest BCUT2D eigenvalue weighted by Gasteiger charge is -2.20. The largest absolute Gasteiger partial charge is 0.494 e. The molecule has 0 aliphatic carbocycles. The molecule has 1 aromatic carbocycles. The van der Waals surface area contributed by atoms with Crippen LogP contribution in [0, 0.1) is 5.92 Å². The van der Waals surface area contributed by atoms with Crippen LogP contribution in [0.15, 0.2) is 24.3 Å². The second-order valence-electron chi connectivity index (χ2n) is 4.88. The molecule has 1 unspecified atom stereocenters. The predicted molar refractivity (Wildman–Crippen MR) is 75.4 cm³/mol. The molecule has 4 heteroatoms. The summed E-state index contributed by atoms with van der Waals surface area (Å²) in [5, 5.41) is 12.0. The van der Waals surface area contributed by atoms with Gasteiger partial charge in [0.25, 0.3) is 5.91 Å². The van der Waals surface area contributed by atoms with E-state index in [0.29, 0.717) is 17.9 Å². The minimum atomic E-state index is -0.229. The van der Waals surface area contributed by atoms with Crippen LogP contribution in [-0.4, -0.2) is 30.3 Å². The Balaban J connectivity index is 2.70. The molecular formula is C15H23NO3. The Bertz CT molecular complexity index is 404. The van der Waals surface area contributed by atoms with Crippen molar-refractivity contribution in [2.24, 2.45) is 5.92 Å². The van der Waals surface area contributed by atoms with E-state index in [1.165, 1.54) is 0 Å². The molecule has 0 aliphatic heterocycles. The van der Waals surface area contributed by atoms with Crippen LogP contribution in [0.2, 0.25) is 0 Å². The fourth-order valence-corrected chi connectivity index (χ4v) is 1.62. The van der Waals surface area contributed by atoms with Gasteiger partial charge in [0, 0.05) is 5.56 Å². The van der Waals surface area contributed by atoms with Crippen molar-refractivity contribution in [3.63, 3.8) is 0 Å². The van der Waals surface area contributed by atoms with E-state index in [0.717, 1.165) is 6.42 Å². The van der Waals surface area contributed by atoms with E-state index >= 15 is 0 Å². The maximum Gasteiger partial charge on any atom is 0.251 e. The van der Waals surface area contributed by atoms with Crippen molar-refractivity contribution in [3.8, 4) is 5.75 Å². The van der Waals surface area contributed by atoms with Gasteiger partial charge >= 0.3 is 0 Å².